The van der Waals surface area contributed by atoms with Crippen LogP contribution in [0.4, 0.5) is 0 Å². The van der Waals surface area contributed by atoms with E-state index < -0.39 is 5.91 Å². The summed E-state index contributed by atoms with van der Waals surface area (Å²) in [6.07, 6.45) is 0. The van der Waals surface area contributed by atoms with Gasteiger partial charge in [0.25, 0.3) is 5.91 Å². The first-order valence-corrected chi connectivity index (χ1v) is 7.42. The second-order valence-electron chi connectivity index (χ2n) is 5.47. The van der Waals surface area contributed by atoms with Gasteiger partial charge in [0.05, 0.1) is 16.6 Å². The summed E-state index contributed by atoms with van der Waals surface area (Å²) in [6.45, 7) is 0. The molecular weight excluding hydrogens is 284 g/mol. The number of rotatable bonds is 2. The minimum absolute atomic E-state index is 0.449. The van der Waals surface area contributed by atoms with Crippen LogP contribution >= 0.6 is 0 Å². The Balaban J connectivity index is 2.15. The topological polar surface area (TPSA) is 56.0 Å². The Morgan fingerprint density at radius 1 is 0.870 bits per heavy atom. The average molecular weight is 298 g/mol. The van der Waals surface area contributed by atoms with Crippen molar-refractivity contribution in [2.24, 2.45) is 5.73 Å². The van der Waals surface area contributed by atoms with E-state index in [1.165, 1.54) is 0 Å². The summed E-state index contributed by atoms with van der Waals surface area (Å²) in [4.78, 5) is 16.5. The number of nitrogens with zero attached hydrogens (tertiary/aromatic N) is 1. The van der Waals surface area contributed by atoms with Crippen molar-refractivity contribution < 1.29 is 4.79 Å². The van der Waals surface area contributed by atoms with Gasteiger partial charge in [0, 0.05) is 10.8 Å². The van der Waals surface area contributed by atoms with E-state index in [-0.39, 0.29) is 0 Å². The molecule has 0 atom stereocenters. The maximum Gasteiger partial charge on any atom is 0.250 e. The lowest BCUT2D eigenvalue weighted by Gasteiger charge is -2.11. The molecule has 0 saturated carbocycles. The predicted octanol–water partition coefficient (Wildman–Crippen LogP) is 4.15. The highest BCUT2D eigenvalue weighted by atomic mass is 16.1. The van der Waals surface area contributed by atoms with Gasteiger partial charge >= 0.3 is 0 Å². The largest absolute Gasteiger partial charge is 0.366 e. The Morgan fingerprint density at radius 3 is 2.39 bits per heavy atom. The van der Waals surface area contributed by atoms with Crippen LogP contribution in [0.3, 0.4) is 0 Å². The first-order valence-electron chi connectivity index (χ1n) is 7.42. The summed E-state index contributed by atoms with van der Waals surface area (Å²) < 4.78 is 0. The SMILES string of the molecule is NC(=O)c1ccc(-c2ccccc2)c2cc3ccccc3nc12. The van der Waals surface area contributed by atoms with Crippen LogP contribution in [0, 0.1) is 0 Å². The maximum absolute atomic E-state index is 11.8. The molecule has 0 unspecified atom stereocenters. The average Bonchev–Trinajstić information content (AvgIpc) is 2.59. The summed E-state index contributed by atoms with van der Waals surface area (Å²) >= 11 is 0. The van der Waals surface area contributed by atoms with Crippen LogP contribution in [0.5, 0.6) is 0 Å². The number of fused-ring (bicyclic) bond motifs is 2. The summed E-state index contributed by atoms with van der Waals surface area (Å²) in [7, 11) is 0. The number of para-hydroxylation sites is 1. The second kappa shape index (κ2) is 5.21. The van der Waals surface area contributed by atoms with Gasteiger partial charge < -0.3 is 5.73 Å². The standard InChI is InChI=1S/C20H14N2O/c21-20(23)16-11-10-15(13-6-2-1-3-7-13)17-12-14-8-4-5-9-18(14)22-19(16)17/h1-12H,(H2,21,23). The maximum atomic E-state index is 11.8. The van der Waals surface area contributed by atoms with Crippen LogP contribution in [0.2, 0.25) is 0 Å². The first-order chi connectivity index (χ1) is 11.2. The van der Waals surface area contributed by atoms with Crippen LogP contribution < -0.4 is 5.73 Å². The number of nitrogens with two attached hydrogens (primary N) is 1. The monoisotopic (exact) mass is 298 g/mol. The lowest BCUT2D eigenvalue weighted by molar-refractivity contribution is 0.100. The number of carbonyl (C=O) groups excluding carboxylic acids is 1. The van der Waals surface area contributed by atoms with Crippen molar-refractivity contribution in [2.45, 2.75) is 0 Å². The molecule has 0 aliphatic rings. The Bertz CT molecular complexity index is 1040. The third kappa shape index (κ3) is 2.23. The number of carbonyl (C=O) groups is 1. The molecule has 2 N–H and O–H groups in total. The van der Waals surface area contributed by atoms with E-state index in [9.17, 15) is 4.79 Å². The molecule has 1 aromatic heterocycles. The van der Waals surface area contributed by atoms with Crippen molar-refractivity contribution >= 4 is 27.7 Å². The van der Waals surface area contributed by atoms with E-state index in [1.54, 1.807) is 6.07 Å². The van der Waals surface area contributed by atoms with Crippen LogP contribution in [0.25, 0.3) is 32.9 Å². The van der Waals surface area contributed by atoms with Gasteiger partial charge in [-0.2, -0.15) is 0 Å². The zero-order valence-corrected chi connectivity index (χ0v) is 12.4. The Labute approximate surface area is 133 Å². The molecule has 0 aliphatic carbocycles. The fourth-order valence-electron chi connectivity index (χ4n) is 2.93. The molecule has 0 fully saturated rings. The van der Waals surface area contributed by atoms with Crippen molar-refractivity contribution in [3.05, 3.63) is 78.4 Å². The van der Waals surface area contributed by atoms with Crippen LogP contribution in [-0.4, -0.2) is 10.9 Å². The third-order valence-electron chi connectivity index (χ3n) is 4.04. The lowest BCUT2D eigenvalue weighted by atomic mass is 9.96. The van der Waals surface area contributed by atoms with Crippen LogP contribution in [0.1, 0.15) is 10.4 Å². The number of amides is 1. The molecule has 4 rings (SSSR count). The fourth-order valence-corrected chi connectivity index (χ4v) is 2.93. The van der Waals surface area contributed by atoms with Gasteiger partial charge in [-0.1, -0.05) is 54.6 Å². The van der Waals surface area contributed by atoms with E-state index in [0.29, 0.717) is 11.1 Å². The number of primary amides is 1. The van der Waals surface area contributed by atoms with E-state index in [0.717, 1.165) is 27.4 Å². The third-order valence-corrected chi connectivity index (χ3v) is 4.04. The number of hydrogen-bond donors (Lipinski definition) is 1. The molecule has 3 nitrogen and oxygen atoms in total. The molecule has 0 bridgehead atoms. The lowest BCUT2D eigenvalue weighted by Crippen LogP contribution is -2.12. The molecule has 0 saturated heterocycles. The minimum atomic E-state index is -0.461. The molecule has 1 amide bonds. The van der Waals surface area contributed by atoms with Gasteiger partial charge in [-0.25, -0.2) is 4.98 Å². The van der Waals surface area contributed by atoms with Crippen LogP contribution in [-0.2, 0) is 0 Å². The zero-order valence-electron chi connectivity index (χ0n) is 12.4. The summed E-state index contributed by atoms with van der Waals surface area (Å²) in [5, 5.41) is 1.98. The molecule has 0 spiro atoms. The van der Waals surface area contributed by atoms with Crippen molar-refractivity contribution in [3.8, 4) is 11.1 Å². The van der Waals surface area contributed by atoms with Gasteiger partial charge in [-0.15, -0.1) is 0 Å². The number of benzene rings is 3. The van der Waals surface area contributed by atoms with E-state index >= 15 is 0 Å². The molecule has 4 aromatic rings. The fraction of sp³-hybridized carbons (Fsp3) is 0. The van der Waals surface area contributed by atoms with Crippen molar-refractivity contribution in [1.82, 2.24) is 4.98 Å². The molecule has 0 radical (unpaired) electrons. The first kappa shape index (κ1) is 13.5. The number of hydrogen-bond acceptors (Lipinski definition) is 2. The van der Waals surface area contributed by atoms with Gasteiger partial charge in [0.1, 0.15) is 0 Å². The summed E-state index contributed by atoms with van der Waals surface area (Å²) in [6, 6.07) is 23.7. The Hall–Kier alpha value is -3.20. The Kier molecular flexibility index (Phi) is 3.05. The predicted molar refractivity (Wildman–Crippen MR) is 93.2 cm³/mol. The molecule has 0 aliphatic heterocycles. The summed E-state index contributed by atoms with van der Waals surface area (Å²) in [5.41, 5.74) is 9.62. The molecular formula is C20H14N2O. The highest BCUT2D eigenvalue weighted by molar-refractivity contribution is 6.11. The van der Waals surface area contributed by atoms with E-state index in [4.69, 9.17) is 5.73 Å². The smallest absolute Gasteiger partial charge is 0.250 e. The molecule has 3 aromatic carbocycles. The second-order valence-corrected chi connectivity index (χ2v) is 5.47. The van der Waals surface area contributed by atoms with Gasteiger partial charge in [-0.3, -0.25) is 4.79 Å². The minimum Gasteiger partial charge on any atom is -0.366 e. The normalized spacial score (nSPS) is 11.0. The van der Waals surface area contributed by atoms with Gasteiger partial charge in [-0.05, 0) is 29.3 Å². The number of pyridine rings is 1. The number of aromatic nitrogens is 1. The van der Waals surface area contributed by atoms with Gasteiger partial charge in [0.2, 0.25) is 0 Å². The highest BCUT2D eigenvalue weighted by Gasteiger charge is 2.13. The van der Waals surface area contributed by atoms with Crippen molar-refractivity contribution in [3.63, 3.8) is 0 Å². The van der Waals surface area contributed by atoms with Crippen molar-refractivity contribution in [2.75, 3.05) is 0 Å². The Morgan fingerprint density at radius 2 is 1.61 bits per heavy atom. The van der Waals surface area contributed by atoms with E-state index in [2.05, 4.69) is 11.1 Å². The zero-order chi connectivity index (χ0) is 15.8. The quantitative estimate of drug-likeness (QED) is 0.565. The van der Waals surface area contributed by atoms with E-state index in [1.807, 2.05) is 60.7 Å². The molecule has 1 heterocycles. The van der Waals surface area contributed by atoms with Crippen molar-refractivity contribution in [1.29, 1.82) is 0 Å². The van der Waals surface area contributed by atoms with Crippen LogP contribution in [0.15, 0.2) is 72.8 Å². The summed E-state index contributed by atoms with van der Waals surface area (Å²) in [5.74, 6) is -0.461. The molecule has 3 heteroatoms. The molecule has 23 heavy (non-hydrogen) atoms. The molecule has 110 valence electrons. The van der Waals surface area contributed by atoms with Gasteiger partial charge in [0.15, 0.2) is 0 Å². The highest BCUT2D eigenvalue weighted by Crippen LogP contribution is 2.32.